The van der Waals surface area contributed by atoms with Gasteiger partial charge in [0.05, 0.1) is 0 Å². The molecule has 0 fully saturated rings. The highest BCUT2D eigenvalue weighted by Gasteiger charge is 2.20. The molecule has 0 bridgehead atoms. The molecule has 0 N–H and O–H groups in total. The Bertz CT molecular complexity index is 911. The second kappa shape index (κ2) is 5.47. The summed E-state index contributed by atoms with van der Waals surface area (Å²) in [7, 11) is 0. The van der Waals surface area contributed by atoms with E-state index in [1.807, 2.05) is 42.0 Å². The lowest BCUT2D eigenvalue weighted by atomic mass is 10.0. The molecule has 0 saturated heterocycles. The second-order valence-corrected chi connectivity index (χ2v) is 6.10. The fraction of sp³-hybridized carbons (Fsp3) is 0.143. The molecular weight excluding hydrogens is 282 g/mol. The van der Waals surface area contributed by atoms with Crippen molar-refractivity contribution >= 4 is 5.78 Å². The van der Waals surface area contributed by atoms with Gasteiger partial charge in [0.1, 0.15) is 0 Å². The van der Waals surface area contributed by atoms with Crippen molar-refractivity contribution in [3.63, 3.8) is 0 Å². The number of ketones is 1. The SMILES string of the molecule is Cc1cccc[n+]1CC(=O)c1ccc2c(c1)Cc1ccccc1-2. The van der Waals surface area contributed by atoms with Gasteiger partial charge >= 0.3 is 0 Å². The van der Waals surface area contributed by atoms with Crippen LogP contribution in [0.4, 0.5) is 0 Å². The molecule has 2 heteroatoms. The zero-order valence-electron chi connectivity index (χ0n) is 13.1. The molecule has 112 valence electrons. The van der Waals surface area contributed by atoms with Crippen molar-refractivity contribution in [1.29, 1.82) is 0 Å². The van der Waals surface area contributed by atoms with E-state index in [2.05, 4.69) is 36.4 Å². The standard InChI is InChI=1S/C21H18NO/c1-15-6-4-5-11-22(15)14-21(23)17-9-10-20-18(13-17)12-16-7-2-3-8-19(16)20/h2-11,13H,12,14H2,1H3/q+1. The number of aryl methyl sites for hydroxylation is 1. The summed E-state index contributed by atoms with van der Waals surface area (Å²) in [5.41, 5.74) is 7.06. The molecule has 23 heavy (non-hydrogen) atoms. The first-order valence-electron chi connectivity index (χ1n) is 7.92. The van der Waals surface area contributed by atoms with E-state index in [4.69, 9.17) is 0 Å². The highest BCUT2D eigenvalue weighted by Crippen LogP contribution is 2.36. The van der Waals surface area contributed by atoms with Crippen LogP contribution in [0.15, 0.2) is 66.9 Å². The van der Waals surface area contributed by atoms with Crippen molar-refractivity contribution in [3.8, 4) is 11.1 Å². The van der Waals surface area contributed by atoms with Gasteiger partial charge in [-0.3, -0.25) is 4.79 Å². The number of fused-ring (bicyclic) bond motifs is 3. The molecule has 2 nitrogen and oxygen atoms in total. The van der Waals surface area contributed by atoms with Gasteiger partial charge < -0.3 is 0 Å². The molecule has 0 saturated carbocycles. The van der Waals surface area contributed by atoms with E-state index in [0.29, 0.717) is 6.54 Å². The van der Waals surface area contributed by atoms with Crippen molar-refractivity contribution in [2.75, 3.05) is 0 Å². The summed E-state index contributed by atoms with van der Waals surface area (Å²) in [6.07, 6.45) is 2.88. The van der Waals surface area contributed by atoms with E-state index in [0.717, 1.165) is 17.7 Å². The average Bonchev–Trinajstić information content (AvgIpc) is 2.94. The Morgan fingerprint density at radius 3 is 2.61 bits per heavy atom. The summed E-state index contributed by atoms with van der Waals surface area (Å²) in [4.78, 5) is 12.6. The molecule has 0 amide bonds. The molecule has 0 aliphatic heterocycles. The maximum absolute atomic E-state index is 12.6. The summed E-state index contributed by atoms with van der Waals surface area (Å²) < 4.78 is 1.99. The first-order chi connectivity index (χ1) is 11.2. The van der Waals surface area contributed by atoms with Crippen LogP contribution in [-0.2, 0) is 13.0 Å². The molecule has 3 aromatic rings. The highest BCUT2D eigenvalue weighted by molar-refractivity contribution is 5.96. The lowest BCUT2D eigenvalue weighted by molar-refractivity contribution is -0.689. The van der Waals surface area contributed by atoms with Crippen molar-refractivity contribution in [3.05, 3.63) is 89.2 Å². The fourth-order valence-electron chi connectivity index (χ4n) is 3.30. The quantitative estimate of drug-likeness (QED) is 0.417. The van der Waals surface area contributed by atoms with Crippen LogP contribution in [0.5, 0.6) is 0 Å². The largest absolute Gasteiger partial charge is 0.287 e. The number of carbonyl (C=O) groups is 1. The molecule has 1 heterocycles. The predicted molar refractivity (Wildman–Crippen MR) is 90.4 cm³/mol. The van der Waals surface area contributed by atoms with Crippen molar-refractivity contribution in [1.82, 2.24) is 0 Å². The van der Waals surface area contributed by atoms with Gasteiger partial charge in [-0.15, -0.1) is 0 Å². The number of Topliss-reactive ketones (excluding diaryl/α,β-unsaturated/α-hetero) is 1. The number of hydrogen-bond acceptors (Lipinski definition) is 1. The van der Waals surface area contributed by atoms with Crippen molar-refractivity contribution in [2.45, 2.75) is 19.9 Å². The van der Waals surface area contributed by atoms with Crippen LogP contribution in [0.1, 0.15) is 27.2 Å². The number of hydrogen-bond donors (Lipinski definition) is 0. The molecule has 1 aliphatic carbocycles. The van der Waals surface area contributed by atoms with Crippen LogP contribution in [-0.4, -0.2) is 5.78 Å². The lowest BCUT2D eigenvalue weighted by Crippen LogP contribution is -2.40. The smallest absolute Gasteiger partial charge is 0.227 e. The zero-order valence-corrected chi connectivity index (χ0v) is 13.1. The zero-order chi connectivity index (χ0) is 15.8. The number of carbonyl (C=O) groups excluding carboxylic acids is 1. The molecular formula is C21H18NO+. The van der Waals surface area contributed by atoms with Crippen LogP contribution in [0.3, 0.4) is 0 Å². The van der Waals surface area contributed by atoms with Gasteiger partial charge in [0, 0.05) is 24.6 Å². The third-order valence-electron chi connectivity index (χ3n) is 4.60. The lowest BCUT2D eigenvalue weighted by Gasteiger charge is -2.04. The summed E-state index contributed by atoms with van der Waals surface area (Å²) in [6, 6.07) is 20.6. The Balaban J connectivity index is 1.63. The molecule has 0 unspecified atom stereocenters. The monoisotopic (exact) mass is 300 g/mol. The van der Waals surface area contributed by atoms with Gasteiger partial charge in [0.2, 0.25) is 12.3 Å². The number of nitrogens with zero attached hydrogens (tertiary/aromatic N) is 1. The first-order valence-corrected chi connectivity index (χ1v) is 7.92. The summed E-state index contributed by atoms with van der Waals surface area (Å²) in [6.45, 7) is 2.41. The van der Waals surface area contributed by atoms with Crippen LogP contribution in [0.2, 0.25) is 0 Å². The van der Waals surface area contributed by atoms with Crippen molar-refractivity contribution < 1.29 is 9.36 Å². The second-order valence-electron chi connectivity index (χ2n) is 6.10. The molecule has 0 spiro atoms. The average molecular weight is 300 g/mol. The normalized spacial score (nSPS) is 11.9. The van der Waals surface area contributed by atoms with Crippen LogP contribution < -0.4 is 4.57 Å². The van der Waals surface area contributed by atoms with Gasteiger partial charge in [-0.25, -0.2) is 0 Å². The van der Waals surface area contributed by atoms with Gasteiger partial charge in [0.25, 0.3) is 0 Å². The van der Waals surface area contributed by atoms with E-state index >= 15 is 0 Å². The van der Waals surface area contributed by atoms with E-state index in [-0.39, 0.29) is 5.78 Å². The Labute approximate surface area is 136 Å². The molecule has 1 aliphatic rings. The maximum atomic E-state index is 12.6. The number of pyridine rings is 1. The van der Waals surface area contributed by atoms with Crippen LogP contribution in [0.25, 0.3) is 11.1 Å². The van der Waals surface area contributed by atoms with Gasteiger partial charge in [0.15, 0.2) is 11.9 Å². The topological polar surface area (TPSA) is 20.9 Å². The van der Waals surface area contributed by atoms with Gasteiger partial charge in [-0.2, -0.15) is 4.57 Å². The summed E-state index contributed by atoms with van der Waals surface area (Å²) in [5.74, 6) is 0.156. The van der Waals surface area contributed by atoms with Crippen LogP contribution in [0, 0.1) is 6.92 Å². The van der Waals surface area contributed by atoms with Crippen LogP contribution >= 0.6 is 0 Å². The number of rotatable bonds is 3. The molecule has 4 rings (SSSR count). The minimum atomic E-state index is 0.156. The maximum Gasteiger partial charge on any atom is 0.227 e. The summed E-state index contributed by atoms with van der Waals surface area (Å²) in [5, 5.41) is 0. The highest BCUT2D eigenvalue weighted by atomic mass is 16.1. The molecule has 0 radical (unpaired) electrons. The first kappa shape index (κ1) is 13.9. The Morgan fingerprint density at radius 2 is 1.74 bits per heavy atom. The Hall–Kier alpha value is -2.74. The Morgan fingerprint density at radius 1 is 0.957 bits per heavy atom. The van der Waals surface area contributed by atoms with E-state index < -0.39 is 0 Å². The Kier molecular flexibility index (Phi) is 3.30. The van der Waals surface area contributed by atoms with Gasteiger partial charge in [-0.1, -0.05) is 42.5 Å². The van der Waals surface area contributed by atoms with Crippen molar-refractivity contribution in [2.24, 2.45) is 0 Å². The molecule has 1 aromatic heterocycles. The summed E-state index contributed by atoms with van der Waals surface area (Å²) >= 11 is 0. The number of aromatic nitrogens is 1. The molecule has 2 aromatic carbocycles. The van der Waals surface area contributed by atoms with Gasteiger partial charge in [-0.05, 0) is 34.7 Å². The minimum absolute atomic E-state index is 0.156. The third kappa shape index (κ3) is 2.46. The fourth-order valence-corrected chi connectivity index (χ4v) is 3.30. The number of benzene rings is 2. The van der Waals surface area contributed by atoms with E-state index in [1.54, 1.807) is 0 Å². The predicted octanol–water partition coefficient (Wildman–Crippen LogP) is 3.74. The third-order valence-corrected chi connectivity index (χ3v) is 4.60. The minimum Gasteiger partial charge on any atom is -0.287 e. The molecule has 0 atom stereocenters. The van der Waals surface area contributed by atoms with E-state index in [1.165, 1.54) is 22.3 Å². The van der Waals surface area contributed by atoms with E-state index in [9.17, 15) is 4.79 Å².